The zero-order valence-corrected chi connectivity index (χ0v) is 7.89. The fourth-order valence-electron chi connectivity index (χ4n) is 1.88. The van der Waals surface area contributed by atoms with Crippen LogP contribution in [0.25, 0.3) is 0 Å². The lowest BCUT2D eigenvalue weighted by Crippen LogP contribution is -2.49. The summed E-state index contributed by atoms with van der Waals surface area (Å²) in [7, 11) is 0. The lowest BCUT2D eigenvalue weighted by atomic mass is 9.58. The van der Waals surface area contributed by atoms with Gasteiger partial charge in [0.25, 0.3) is 0 Å². The lowest BCUT2D eigenvalue weighted by molar-refractivity contribution is -0.0819. The first-order valence-electron chi connectivity index (χ1n) is 4.31. The molecule has 0 aliphatic heterocycles. The second-order valence-electron chi connectivity index (χ2n) is 4.16. The smallest absolute Gasteiger partial charge is 0.0602 e. The summed E-state index contributed by atoms with van der Waals surface area (Å²) in [6.45, 7) is 8.49. The molecule has 0 aromatic rings. The van der Waals surface area contributed by atoms with Gasteiger partial charge >= 0.3 is 0 Å². The summed E-state index contributed by atoms with van der Waals surface area (Å²) < 4.78 is 0. The van der Waals surface area contributed by atoms with Crippen LogP contribution in [0.1, 0.15) is 34.1 Å². The van der Waals surface area contributed by atoms with Gasteiger partial charge in [0.15, 0.2) is 0 Å². The zero-order valence-electron chi connectivity index (χ0n) is 7.89. The molecule has 0 spiro atoms. The van der Waals surface area contributed by atoms with Crippen molar-refractivity contribution in [1.29, 1.82) is 0 Å². The maximum Gasteiger partial charge on any atom is 0.0602 e. The summed E-state index contributed by atoms with van der Waals surface area (Å²) >= 11 is 0. The molecule has 1 nitrogen and oxygen atoms in total. The highest BCUT2D eigenvalue weighted by molar-refractivity contribution is 5.14. The Balaban J connectivity index is 2.67. The molecule has 0 amide bonds. The first-order chi connectivity index (χ1) is 5.00. The Labute approximate surface area is 69.1 Å². The minimum atomic E-state index is -0.0950. The minimum absolute atomic E-state index is 0.0950. The Morgan fingerprint density at radius 2 is 2.09 bits per heavy atom. The number of allylic oxidation sites excluding steroid dienone is 2. The average molecular weight is 154 g/mol. The van der Waals surface area contributed by atoms with Crippen molar-refractivity contribution in [3.05, 3.63) is 11.6 Å². The van der Waals surface area contributed by atoms with Gasteiger partial charge < -0.3 is 5.11 Å². The van der Waals surface area contributed by atoms with E-state index in [4.69, 9.17) is 0 Å². The third kappa shape index (κ3) is 1.22. The van der Waals surface area contributed by atoms with Crippen molar-refractivity contribution in [1.82, 2.24) is 0 Å². The molecule has 1 unspecified atom stereocenters. The van der Waals surface area contributed by atoms with Crippen molar-refractivity contribution in [3.63, 3.8) is 0 Å². The predicted octanol–water partition coefficient (Wildman–Crippen LogP) is 2.36. The van der Waals surface area contributed by atoms with Gasteiger partial charge in [0.1, 0.15) is 0 Å². The highest BCUT2D eigenvalue weighted by atomic mass is 16.3. The van der Waals surface area contributed by atoms with Crippen LogP contribution in [0.15, 0.2) is 11.6 Å². The van der Waals surface area contributed by atoms with Crippen molar-refractivity contribution in [2.24, 2.45) is 11.3 Å². The van der Waals surface area contributed by atoms with Gasteiger partial charge in [0.05, 0.1) is 6.10 Å². The molecule has 2 atom stereocenters. The van der Waals surface area contributed by atoms with E-state index in [2.05, 4.69) is 33.8 Å². The maximum absolute atomic E-state index is 9.46. The fourth-order valence-corrected chi connectivity index (χ4v) is 1.88. The molecule has 11 heavy (non-hydrogen) atoms. The second-order valence-corrected chi connectivity index (χ2v) is 4.16. The molecular weight excluding hydrogens is 136 g/mol. The predicted molar refractivity (Wildman–Crippen MR) is 47.3 cm³/mol. The van der Waals surface area contributed by atoms with E-state index in [9.17, 15) is 5.11 Å². The highest BCUT2D eigenvalue weighted by Crippen LogP contribution is 2.49. The number of aliphatic hydroxyl groups excluding tert-OH is 1. The van der Waals surface area contributed by atoms with Gasteiger partial charge in [-0.25, -0.2) is 0 Å². The van der Waals surface area contributed by atoms with Crippen LogP contribution in [-0.4, -0.2) is 11.2 Å². The Kier molecular flexibility index (Phi) is 2.10. The quantitative estimate of drug-likeness (QED) is 0.575. The molecule has 0 bridgehead atoms. The molecule has 1 fully saturated rings. The third-order valence-corrected chi connectivity index (χ3v) is 3.22. The molecule has 1 aliphatic rings. The zero-order chi connectivity index (χ0) is 8.65. The van der Waals surface area contributed by atoms with Crippen LogP contribution in [0.2, 0.25) is 0 Å². The Morgan fingerprint density at radius 3 is 2.36 bits per heavy atom. The molecular formula is C10H18O. The highest BCUT2D eigenvalue weighted by Gasteiger charge is 2.47. The maximum atomic E-state index is 9.46. The van der Waals surface area contributed by atoms with Gasteiger partial charge in [-0.3, -0.25) is 0 Å². The molecule has 1 N–H and O–H groups in total. The van der Waals surface area contributed by atoms with Crippen molar-refractivity contribution >= 4 is 0 Å². The Morgan fingerprint density at radius 1 is 1.55 bits per heavy atom. The van der Waals surface area contributed by atoms with Gasteiger partial charge in [-0.05, 0) is 31.6 Å². The third-order valence-electron chi connectivity index (χ3n) is 3.22. The van der Waals surface area contributed by atoms with E-state index >= 15 is 0 Å². The summed E-state index contributed by atoms with van der Waals surface area (Å²) in [4.78, 5) is 0. The van der Waals surface area contributed by atoms with Crippen molar-refractivity contribution in [2.75, 3.05) is 0 Å². The summed E-state index contributed by atoms with van der Waals surface area (Å²) in [6, 6.07) is 0. The van der Waals surface area contributed by atoms with E-state index in [1.807, 2.05) is 0 Å². The first-order valence-corrected chi connectivity index (χ1v) is 4.31. The Hall–Kier alpha value is -0.300. The molecule has 1 rings (SSSR count). The van der Waals surface area contributed by atoms with Crippen molar-refractivity contribution in [2.45, 2.75) is 40.2 Å². The molecule has 1 saturated carbocycles. The van der Waals surface area contributed by atoms with E-state index in [0.29, 0.717) is 5.92 Å². The SMILES string of the molecule is C/C=C(/C)[C@H]1CC(O)C1(C)C. The van der Waals surface area contributed by atoms with Crippen LogP contribution in [0.4, 0.5) is 0 Å². The lowest BCUT2D eigenvalue weighted by Gasteiger charge is -2.50. The van der Waals surface area contributed by atoms with Crippen LogP contribution < -0.4 is 0 Å². The Bertz CT molecular complexity index is 179. The molecule has 1 heteroatoms. The van der Waals surface area contributed by atoms with Gasteiger partial charge in [-0.1, -0.05) is 25.5 Å². The van der Waals surface area contributed by atoms with Crippen LogP contribution in [0.5, 0.6) is 0 Å². The number of aliphatic hydroxyl groups is 1. The van der Waals surface area contributed by atoms with Gasteiger partial charge in [0.2, 0.25) is 0 Å². The standard InChI is InChI=1S/C10H18O/c1-5-7(2)8-6-9(11)10(8,3)4/h5,8-9,11H,6H2,1-4H3/b7-5-/t8-,9?/m1/s1. The van der Waals surface area contributed by atoms with Gasteiger partial charge in [0, 0.05) is 0 Å². The molecule has 0 heterocycles. The van der Waals surface area contributed by atoms with E-state index in [0.717, 1.165) is 6.42 Å². The summed E-state index contributed by atoms with van der Waals surface area (Å²) in [5.41, 5.74) is 1.52. The average Bonchev–Trinajstić information content (AvgIpc) is 1.98. The monoisotopic (exact) mass is 154 g/mol. The topological polar surface area (TPSA) is 20.2 Å². The summed E-state index contributed by atoms with van der Waals surface area (Å²) in [5.74, 6) is 0.600. The van der Waals surface area contributed by atoms with Crippen LogP contribution in [0.3, 0.4) is 0 Å². The molecule has 0 saturated heterocycles. The van der Waals surface area contributed by atoms with E-state index < -0.39 is 0 Å². The second kappa shape index (κ2) is 2.63. The first kappa shape index (κ1) is 8.79. The largest absolute Gasteiger partial charge is 0.393 e. The van der Waals surface area contributed by atoms with Crippen molar-refractivity contribution < 1.29 is 5.11 Å². The summed E-state index contributed by atoms with van der Waals surface area (Å²) in [6.07, 6.45) is 3.00. The van der Waals surface area contributed by atoms with Crippen LogP contribution >= 0.6 is 0 Å². The molecule has 0 aromatic heterocycles. The molecule has 64 valence electrons. The minimum Gasteiger partial charge on any atom is -0.393 e. The van der Waals surface area contributed by atoms with Crippen LogP contribution in [-0.2, 0) is 0 Å². The molecule has 0 aromatic carbocycles. The number of hydrogen-bond donors (Lipinski definition) is 1. The van der Waals surface area contributed by atoms with Gasteiger partial charge in [-0.15, -0.1) is 0 Å². The number of hydrogen-bond acceptors (Lipinski definition) is 1. The van der Waals surface area contributed by atoms with E-state index in [1.165, 1.54) is 5.57 Å². The van der Waals surface area contributed by atoms with E-state index in [1.54, 1.807) is 0 Å². The van der Waals surface area contributed by atoms with Crippen molar-refractivity contribution in [3.8, 4) is 0 Å². The van der Waals surface area contributed by atoms with Gasteiger partial charge in [-0.2, -0.15) is 0 Å². The number of rotatable bonds is 1. The van der Waals surface area contributed by atoms with Crippen LogP contribution in [0, 0.1) is 11.3 Å². The summed E-state index contributed by atoms with van der Waals surface area (Å²) in [5, 5.41) is 9.46. The van der Waals surface area contributed by atoms with E-state index in [-0.39, 0.29) is 11.5 Å². The fraction of sp³-hybridized carbons (Fsp3) is 0.800. The molecule has 0 radical (unpaired) electrons. The normalized spacial score (nSPS) is 36.6. The molecule has 1 aliphatic carbocycles.